The van der Waals surface area contributed by atoms with Crippen molar-refractivity contribution < 1.29 is 13.2 Å². The molecule has 5 nitrogen and oxygen atoms in total. The minimum absolute atomic E-state index is 0.212. The van der Waals surface area contributed by atoms with Crippen molar-refractivity contribution in [1.82, 2.24) is 9.21 Å². The molecule has 2 rings (SSSR count). The summed E-state index contributed by atoms with van der Waals surface area (Å²) in [5.74, 6) is 1.47. The molecule has 2 atom stereocenters. The SMILES string of the molecule is C[C@H]1CCC[C@@H](CC(=O)N2CCCN(S(C)(=O)=O)CC2)C1. The van der Waals surface area contributed by atoms with E-state index in [-0.39, 0.29) is 5.91 Å². The first-order valence-electron chi connectivity index (χ1n) is 8.09. The lowest BCUT2D eigenvalue weighted by Gasteiger charge is -2.28. The molecule has 0 unspecified atom stereocenters. The van der Waals surface area contributed by atoms with E-state index < -0.39 is 10.0 Å². The van der Waals surface area contributed by atoms with Crippen molar-refractivity contribution in [3.63, 3.8) is 0 Å². The molecule has 1 saturated carbocycles. The Bertz CT molecular complexity index is 464. The van der Waals surface area contributed by atoms with Gasteiger partial charge in [0, 0.05) is 32.6 Å². The molecule has 0 aromatic carbocycles. The van der Waals surface area contributed by atoms with Gasteiger partial charge in [0.25, 0.3) is 0 Å². The number of nitrogens with zero attached hydrogens (tertiary/aromatic N) is 2. The van der Waals surface area contributed by atoms with E-state index in [9.17, 15) is 13.2 Å². The fourth-order valence-electron chi connectivity index (χ4n) is 3.60. The molecule has 0 bridgehead atoms. The zero-order chi connectivity index (χ0) is 15.5. The summed E-state index contributed by atoms with van der Waals surface area (Å²) in [6.45, 7) is 4.46. The first kappa shape index (κ1) is 16.7. The summed E-state index contributed by atoms with van der Waals surface area (Å²) < 4.78 is 24.7. The van der Waals surface area contributed by atoms with Crippen molar-refractivity contribution >= 4 is 15.9 Å². The number of rotatable bonds is 3. The minimum atomic E-state index is -3.14. The van der Waals surface area contributed by atoms with Crippen LogP contribution in [0.15, 0.2) is 0 Å². The molecule has 2 fully saturated rings. The van der Waals surface area contributed by atoms with Gasteiger partial charge < -0.3 is 4.90 Å². The summed E-state index contributed by atoms with van der Waals surface area (Å²) in [7, 11) is -3.14. The first-order chi connectivity index (χ1) is 9.86. The van der Waals surface area contributed by atoms with E-state index in [1.54, 1.807) is 0 Å². The Morgan fingerprint density at radius 1 is 1.10 bits per heavy atom. The molecule has 122 valence electrons. The Balaban J connectivity index is 1.85. The number of hydrogen-bond acceptors (Lipinski definition) is 3. The van der Waals surface area contributed by atoms with Crippen LogP contribution in [0.2, 0.25) is 0 Å². The average molecular weight is 316 g/mol. The summed E-state index contributed by atoms with van der Waals surface area (Å²) in [6, 6.07) is 0. The van der Waals surface area contributed by atoms with Gasteiger partial charge >= 0.3 is 0 Å². The van der Waals surface area contributed by atoms with Gasteiger partial charge in [0.05, 0.1) is 6.26 Å². The molecule has 1 aliphatic heterocycles. The highest BCUT2D eigenvalue weighted by Gasteiger charge is 2.27. The van der Waals surface area contributed by atoms with Gasteiger partial charge in [-0.25, -0.2) is 12.7 Å². The zero-order valence-corrected chi connectivity index (χ0v) is 14.1. The number of carbonyl (C=O) groups excluding carboxylic acids is 1. The molecular weight excluding hydrogens is 288 g/mol. The van der Waals surface area contributed by atoms with Crippen molar-refractivity contribution in [3.05, 3.63) is 0 Å². The Morgan fingerprint density at radius 2 is 1.86 bits per heavy atom. The van der Waals surface area contributed by atoms with Gasteiger partial charge in [-0.15, -0.1) is 0 Å². The third-order valence-corrected chi connectivity index (χ3v) is 6.09. The van der Waals surface area contributed by atoms with Crippen molar-refractivity contribution in [3.8, 4) is 0 Å². The Kier molecular flexibility index (Phi) is 5.66. The maximum atomic E-state index is 12.4. The molecule has 0 radical (unpaired) electrons. The van der Waals surface area contributed by atoms with E-state index in [1.165, 1.54) is 29.8 Å². The maximum absolute atomic E-state index is 12.4. The highest BCUT2D eigenvalue weighted by molar-refractivity contribution is 7.88. The van der Waals surface area contributed by atoms with Crippen molar-refractivity contribution in [1.29, 1.82) is 0 Å². The van der Waals surface area contributed by atoms with Crippen LogP contribution < -0.4 is 0 Å². The number of carbonyl (C=O) groups is 1. The second-order valence-electron chi connectivity index (χ2n) is 6.74. The Morgan fingerprint density at radius 3 is 2.52 bits per heavy atom. The molecule has 1 aliphatic carbocycles. The average Bonchev–Trinajstić information content (AvgIpc) is 2.63. The molecule has 0 N–H and O–H groups in total. The van der Waals surface area contributed by atoms with Crippen LogP contribution in [0.1, 0.15) is 45.4 Å². The van der Waals surface area contributed by atoms with E-state index in [1.807, 2.05) is 4.90 Å². The normalized spacial score (nSPS) is 29.1. The second kappa shape index (κ2) is 7.09. The summed E-state index contributed by atoms with van der Waals surface area (Å²) in [5.41, 5.74) is 0. The molecule has 0 aromatic rings. The summed E-state index contributed by atoms with van der Waals surface area (Å²) >= 11 is 0. The van der Waals surface area contributed by atoms with Gasteiger partial charge in [0.15, 0.2) is 0 Å². The number of hydrogen-bond donors (Lipinski definition) is 0. The van der Waals surface area contributed by atoms with Crippen LogP contribution in [0.3, 0.4) is 0 Å². The van der Waals surface area contributed by atoms with Crippen LogP contribution in [0.25, 0.3) is 0 Å². The lowest BCUT2D eigenvalue weighted by molar-refractivity contribution is -0.132. The van der Waals surface area contributed by atoms with E-state index in [2.05, 4.69) is 6.92 Å². The van der Waals surface area contributed by atoms with Gasteiger partial charge in [0.2, 0.25) is 15.9 Å². The smallest absolute Gasteiger partial charge is 0.222 e. The van der Waals surface area contributed by atoms with Crippen molar-refractivity contribution in [2.75, 3.05) is 32.4 Å². The standard InChI is InChI=1S/C15H28N2O3S/c1-13-5-3-6-14(11-13)12-15(18)16-7-4-8-17(10-9-16)21(2,19)20/h13-14H,3-12H2,1-2H3/t13-,14+/m0/s1. The fourth-order valence-corrected chi connectivity index (χ4v) is 4.47. The van der Waals surface area contributed by atoms with E-state index in [4.69, 9.17) is 0 Å². The van der Waals surface area contributed by atoms with Gasteiger partial charge in [-0.2, -0.15) is 0 Å². The van der Waals surface area contributed by atoms with Crippen LogP contribution in [0, 0.1) is 11.8 Å². The second-order valence-corrected chi connectivity index (χ2v) is 8.72. The lowest BCUT2D eigenvalue weighted by atomic mass is 9.80. The molecule has 1 heterocycles. The molecule has 21 heavy (non-hydrogen) atoms. The molecule has 1 saturated heterocycles. The molecule has 6 heteroatoms. The molecule has 0 aromatic heterocycles. The van der Waals surface area contributed by atoms with Gasteiger partial charge in [-0.3, -0.25) is 4.79 Å². The molecule has 2 aliphatic rings. The minimum Gasteiger partial charge on any atom is -0.341 e. The summed E-state index contributed by atoms with van der Waals surface area (Å²) in [5, 5.41) is 0. The van der Waals surface area contributed by atoms with E-state index >= 15 is 0 Å². The van der Waals surface area contributed by atoms with Gasteiger partial charge in [-0.05, 0) is 31.1 Å². The largest absolute Gasteiger partial charge is 0.341 e. The first-order valence-corrected chi connectivity index (χ1v) is 9.94. The van der Waals surface area contributed by atoms with E-state index in [0.29, 0.717) is 38.5 Å². The van der Waals surface area contributed by atoms with Crippen molar-refractivity contribution in [2.24, 2.45) is 11.8 Å². The monoisotopic (exact) mass is 316 g/mol. The predicted octanol–water partition coefficient (Wildman–Crippen LogP) is 1.70. The maximum Gasteiger partial charge on any atom is 0.222 e. The molecule has 1 amide bonds. The lowest BCUT2D eigenvalue weighted by Crippen LogP contribution is -2.37. The van der Waals surface area contributed by atoms with Crippen LogP contribution in [-0.4, -0.2) is 56.0 Å². The van der Waals surface area contributed by atoms with Crippen LogP contribution in [0.4, 0.5) is 0 Å². The van der Waals surface area contributed by atoms with E-state index in [0.717, 1.165) is 18.8 Å². The molecular formula is C15H28N2O3S. The Labute approximate surface area is 128 Å². The highest BCUT2D eigenvalue weighted by atomic mass is 32.2. The number of amides is 1. The highest BCUT2D eigenvalue weighted by Crippen LogP contribution is 2.31. The zero-order valence-electron chi connectivity index (χ0n) is 13.3. The van der Waals surface area contributed by atoms with Crippen LogP contribution >= 0.6 is 0 Å². The predicted molar refractivity (Wildman–Crippen MR) is 83.4 cm³/mol. The molecule has 0 spiro atoms. The number of sulfonamides is 1. The topological polar surface area (TPSA) is 57.7 Å². The Hall–Kier alpha value is -0.620. The summed E-state index contributed by atoms with van der Waals surface area (Å²) in [6.07, 6.45) is 7.48. The summed E-state index contributed by atoms with van der Waals surface area (Å²) in [4.78, 5) is 14.3. The fraction of sp³-hybridized carbons (Fsp3) is 0.933. The van der Waals surface area contributed by atoms with Gasteiger partial charge in [-0.1, -0.05) is 19.8 Å². The third-order valence-electron chi connectivity index (χ3n) is 4.78. The van der Waals surface area contributed by atoms with Gasteiger partial charge in [0.1, 0.15) is 0 Å². The van der Waals surface area contributed by atoms with Crippen LogP contribution in [0.5, 0.6) is 0 Å². The van der Waals surface area contributed by atoms with Crippen LogP contribution in [-0.2, 0) is 14.8 Å². The quantitative estimate of drug-likeness (QED) is 0.796. The van der Waals surface area contributed by atoms with Crippen molar-refractivity contribution in [2.45, 2.75) is 45.4 Å². The third kappa shape index (κ3) is 4.95.